The van der Waals surface area contributed by atoms with Crippen LogP contribution in [0, 0.1) is 6.92 Å². The van der Waals surface area contributed by atoms with Crippen molar-refractivity contribution in [2.75, 3.05) is 0 Å². The number of benzene rings is 3. The van der Waals surface area contributed by atoms with Crippen molar-refractivity contribution in [2.45, 2.75) is 20.3 Å². The molecular weight excluding hydrogens is 466 g/mol. The minimum absolute atomic E-state index is 0.710. The Balaban J connectivity index is 1.30. The summed E-state index contributed by atoms with van der Waals surface area (Å²) in [6.45, 7) is 4.17. The van der Waals surface area contributed by atoms with Gasteiger partial charge in [0.2, 0.25) is 0 Å². The standard InChI is InChI=1S/C33H25N5/c1-3-27-19-29(28-17-15-24-10-9-21(2)34-31(24)32(28)35-27)23-11-13-25(14-12-23)33-36-30-18-16-26(20-38(30)37-33)22-7-5-4-6-8-22/h4-20H,3H2,1-2H3. The third kappa shape index (κ3) is 3.80. The predicted molar refractivity (Wildman–Crippen MR) is 154 cm³/mol. The normalized spacial score (nSPS) is 11.5. The molecule has 0 aliphatic rings. The van der Waals surface area contributed by atoms with Crippen molar-refractivity contribution in [2.24, 2.45) is 0 Å². The Morgan fingerprint density at radius 3 is 2.24 bits per heavy atom. The van der Waals surface area contributed by atoms with E-state index in [1.54, 1.807) is 0 Å². The van der Waals surface area contributed by atoms with Gasteiger partial charge in [0, 0.05) is 39.5 Å². The third-order valence-corrected chi connectivity index (χ3v) is 7.09. The van der Waals surface area contributed by atoms with Gasteiger partial charge in [-0.05, 0) is 54.3 Å². The van der Waals surface area contributed by atoms with Crippen LogP contribution in [0.4, 0.5) is 0 Å². The number of pyridine rings is 3. The van der Waals surface area contributed by atoms with Crippen LogP contribution in [-0.2, 0) is 6.42 Å². The molecule has 7 rings (SSSR count). The quantitative estimate of drug-likeness (QED) is 0.237. The summed E-state index contributed by atoms with van der Waals surface area (Å²) in [4.78, 5) is 14.6. The molecule has 0 amide bonds. The molecule has 0 spiro atoms. The Morgan fingerprint density at radius 1 is 0.658 bits per heavy atom. The first kappa shape index (κ1) is 22.3. The number of aromatic nitrogens is 5. The molecule has 182 valence electrons. The van der Waals surface area contributed by atoms with Crippen molar-refractivity contribution >= 4 is 27.5 Å². The molecule has 0 saturated heterocycles. The smallest absolute Gasteiger partial charge is 0.182 e. The molecule has 7 aromatic rings. The maximum absolute atomic E-state index is 4.98. The second kappa shape index (κ2) is 8.89. The zero-order valence-corrected chi connectivity index (χ0v) is 21.3. The fourth-order valence-corrected chi connectivity index (χ4v) is 5.05. The van der Waals surface area contributed by atoms with E-state index in [0.29, 0.717) is 5.82 Å². The molecule has 0 unspecified atom stereocenters. The van der Waals surface area contributed by atoms with Gasteiger partial charge in [0.05, 0.1) is 11.0 Å². The second-order valence-electron chi connectivity index (χ2n) is 9.60. The average molecular weight is 492 g/mol. The lowest BCUT2D eigenvalue weighted by Gasteiger charge is -2.12. The molecule has 0 atom stereocenters. The van der Waals surface area contributed by atoms with E-state index < -0.39 is 0 Å². The summed E-state index contributed by atoms with van der Waals surface area (Å²) in [7, 11) is 0. The van der Waals surface area contributed by atoms with E-state index in [9.17, 15) is 0 Å². The van der Waals surface area contributed by atoms with Crippen molar-refractivity contribution in [1.29, 1.82) is 0 Å². The van der Waals surface area contributed by atoms with E-state index in [1.807, 2.05) is 48.0 Å². The van der Waals surface area contributed by atoms with Crippen LogP contribution in [-0.4, -0.2) is 24.6 Å². The van der Waals surface area contributed by atoms with Gasteiger partial charge in [0.1, 0.15) is 0 Å². The van der Waals surface area contributed by atoms with Gasteiger partial charge in [-0.25, -0.2) is 9.50 Å². The summed E-state index contributed by atoms with van der Waals surface area (Å²) in [5.41, 5.74) is 10.3. The molecule has 0 bridgehead atoms. The third-order valence-electron chi connectivity index (χ3n) is 7.09. The van der Waals surface area contributed by atoms with Crippen molar-refractivity contribution in [3.05, 3.63) is 115 Å². The van der Waals surface area contributed by atoms with Gasteiger partial charge >= 0.3 is 0 Å². The van der Waals surface area contributed by atoms with Crippen LogP contribution >= 0.6 is 0 Å². The van der Waals surface area contributed by atoms with Gasteiger partial charge < -0.3 is 0 Å². The van der Waals surface area contributed by atoms with Crippen LogP contribution in [0.25, 0.3) is 61.1 Å². The van der Waals surface area contributed by atoms with Gasteiger partial charge in [-0.15, -0.1) is 5.10 Å². The van der Waals surface area contributed by atoms with Crippen LogP contribution in [0.5, 0.6) is 0 Å². The number of hydrogen-bond donors (Lipinski definition) is 0. The van der Waals surface area contributed by atoms with E-state index in [1.165, 1.54) is 5.56 Å². The minimum atomic E-state index is 0.710. The Morgan fingerprint density at radius 2 is 1.42 bits per heavy atom. The topological polar surface area (TPSA) is 56.0 Å². The van der Waals surface area contributed by atoms with Gasteiger partial charge in [0.15, 0.2) is 11.5 Å². The van der Waals surface area contributed by atoms with E-state index >= 15 is 0 Å². The lowest BCUT2D eigenvalue weighted by atomic mass is 9.97. The number of hydrogen-bond acceptors (Lipinski definition) is 4. The summed E-state index contributed by atoms with van der Waals surface area (Å²) < 4.78 is 1.86. The lowest BCUT2D eigenvalue weighted by Crippen LogP contribution is -1.95. The van der Waals surface area contributed by atoms with E-state index in [4.69, 9.17) is 20.1 Å². The van der Waals surface area contributed by atoms with Crippen molar-refractivity contribution in [1.82, 2.24) is 24.6 Å². The molecule has 0 aliphatic carbocycles. The number of fused-ring (bicyclic) bond motifs is 4. The molecule has 5 nitrogen and oxygen atoms in total. The Kier molecular flexibility index (Phi) is 5.22. The molecule has 0 aliphatic heterocycles. The molecular formula is C33H25N5. The summed E-state index contributed by atoms with van der Waals surface area (Å²) in [5.74, 6) is 0.710. The highest BCUT2D eigenvalue weighted by Gasteiger charge is 2.13. The molecule has 0 N–H and O–H groups in total. The van der Waals surface area contributed by atoms with Gasteiger partial charge in [-0.1, -0.05) is 79.7 Å². The highest BCUT2D eigenvalue weighted by Crippen LogP contribution is 2.33. The lowest BCUT2D eigenvalue weighted by molar-refractivity contribution is 0.967. The minimum Gasteiger partial charge on any atom is -0.251 e. The average Bonchev–Trinajstić information content (AvgIpc) is 3.40. The summed E-state index contributed by atoms with van der Waals surface area (Å²) >= 11 is 0. The first-order chi connectivity index (χ1) is 18.7. The molecule has 3 aromatic carbocycles. The summed E-state index contributed by atoms with van der Waals surface area (Å²) in [6, 6.07) is 33.6. The number of aryl methyl sites for hydroxylation is 2. The van der Waals surface area contributed by atoms with Crippen molar-refractivity contribution < 1.29 is 0 Å². The molecule has 4 heterocycles. The Bertz CT molecular complexity index is 1950. The molecule has 0 saturated carbocycles. The van der Waals surface area contributed by atoms with Crippen LogP contribution < -0.4 is 0 Å². The highest BCUT2D eigenvalue weighted by atomic mass is 15.3. The predicted octanol–water partition coefficient (Wildman–Crippen LogP) is 7.70. The maximum atomic E-state index is 4.98. The van der Waals surface area contributed by atoms with Crippen LogP contribution in [0.2, 0.25) is 0 Å². The van der Waals surface area contributed by atoms with Gasteiger partial charge in [0.25, 0.3) is 0 Å². The Hall–Kier alpha value is -4.90. The van der Waals surface area contributed by atoms with Crippen LogP contribution in [0.3, 0.4) is 0 Å². The SMILES string of the molecule is CCc1cc(-c2ccc(-c3nc4ccc(-c5ccccc5)cn4n3)cc2)c2ccc3ccc(C)nc3c2n1. The van der Waals surface area contributed by atoms with E-state index in [2.05, 4.69) is 73.7 Å². The first-order valence-electron chi connectivity index (χ1n) is 12.9. The zero-order chi connectivity index (χ0) is 25.6. The summed E-state index contributed by atoms with van der Waals surface area (Å²) in [6.07, 6.45) is 2.89. The zero-order valence-electron chi connectivity index (χ0n) is 21.3. The van der Waals surface area contributed by atoms with E-state index in [0.717, 1.165) is 67.5 Å². The monoisotopic (exact) mass is 491 g/mol. The fourth-order valence-electron chi connectivity index (χ4n) is 5.05. The van der Waals surface area contributed by atoms with Gasteiger partial charge in [-0.3, -0.25) is 9.97 Å². The van der Waals surface area contributed by atoms with E-state index in [-0.39, 0.29) is 0 Å². The summed E-state index contributed by atoms with van der Waals surface area (Å²) in [5, 5.41) is 7.00. The van der Waals surface area contributed by atoms with Crippen molar-refractivity contribution in [3.63, 3.8) is 0 Å². The Labute approximate surface area is 220 Å². The van der Waals surface area contributed by atoms with Crippen molar-refractivity contribution in [3.8, 4) is 33.6 Å². The largest absolute Gasteiger partial charge is 0.251 e. The number of nitrogens with zero attached hydrogens (tertiary/aromatic N) is 5. The number of rotatable bonds is 4. The molecule has 4 aromatic heterocycles. The first-order valence-corrected chi connectivity index (χ1v) is 12.9. The highest BCUT2D eigenvalue weighted by molar-refractivity contribution is 6.08. The maximum Gasteiger partial charge on any atom is 0.182 e. The van der Waals surface area contributed by atoms with Crippen LogP contribution in [0.15, 0.2) is 103 Å². The molecule has 38 heavy (non-hydrogen) atoms. The molecule has 0 fully saturated rings. The van der Waals surface area contributed by atoms with Crippen LogP contribution in [0.1, 0.15) is 18.3 Å². The molecule has 5 heteroatoms. The van der Waals surface area contributed by atoms with Gasteiger partial charge in [-0.2, -0.15) is 0 Å². The fraction of sp³-hybridized carbons (Fsp3) is 0.0909. The molecule has 0 radical (unpaired) electrons. The second-order valence-corrected chi connectivity index (χ2v) is 9.60.